The third kappa shape index (κ3) is 2.93. The SMILES string of the molecule is CC(C)C(O)C(O)CC1CCCc2ccccc21. The van der Waals surface area contributed by atoms with Gasteiger partial charge in [-0.15, -0.1) is 0 Å². The molecule has 3 unspecified atom stereocenters. The predicted molar refractivity (Wildman–Crippen MR) is 73.6 cm³/mol. The standard InChI is InChI=1S/C16H24O2/c1-11(2)16(18)15(17)10-13-8-5-7-12-6-3-4-9-14(12)13/h3-4,6,9,11,13,15-18H,5,7-8,10H2,1-2H3. The highest BCUT2D eigenvalue weighted by atomic mass is 16.3. The average molecular weight is 248 g/mol. The van der Waals surface area contributed by atoms with Crippen LogP contribution in [0.3, 0.4) is 0 Å². The zero-order valence-corrected chi connectivity index (χ0v) is 11.3. The van der Waals surface area contributed by atoms with Crippen molar-refractivity contribution in [2.24, 2.45) is 5.92 Å². The Kier molecular flexibility index (Phi) is 4.41. The summed E-state index contributed by atoms with van der Waals surface area (Å²) in [4.78, 5) is 0. The molecule has 2 heteroatoms. The first-order chi connectivity index (χ1) is 8.59. The van der Waals surface area contributed by atoms with Gasteiger partial charge in [-0.25, -0.2) is 0 Å². The van der Waals surface area contributed by atoms with Crippen LogP contribution in [0, 0.1) is 5.92 Å². The van der Waals surface area contributed by atoms with E-state index < -0.39 is 12.2 Å². The normalized spacial score (nSPS) is 22.6. The van der Waals surface area contributed by atoms with Crippen LogP contribution < -0.4 is 0 Å². The maximum atomic E-state index is 10.1. The maximum Gasteiger partial charge on any atom is 0.0822 e. The summed E-state index contributed by atoms with van der Waals surface area (Å²) in [7, 11) is 0. The molecule has 0 aromatic heterocycles. The molecule has 0 aliphatic heterocycles. The van der Waals surface area contributed by atoms with Crippen LogP contribution in [-0.4, -0.2) is 22.4 Å². The van der Waals surface area contributed by atoms with Gasteiger partial charge in [0.25, 0.3) is 0 Å². The molecule has 0 bridgehead atoms. The van der Waals surface area contributed by atoms with Crippen LogP contribution in [0.15, 0.2) is 24.3 Å². The van der Waals surface area contributed by atoms with Gasteiger partial charge >= 0.3 is 0 Å². The van der Waals surface area contributed by atoms with Gasteiger partial charge in [-0.3, -0.25) is 0 Å². The van der Waals surface area contributed by atoms with Crippen molar-refractivity contribution in [3.05, 3.63) is 35.4 Å². The number of aryl methyl sites for hydroxylation is 1. The number of benzene rings is 1. The first-order valence-electron chi connectivity index (χ1n) is 7.03. The summed E-state index contributed by atoms with van der Waals surface area (Å²) in [6.45, 7) is 3.89. The molecule has 0 amide bonds. The summed E-state index contributed by atoms with van der Waals surface area (Å²) in [6, 6.07) is 8.52. The van der Waals surface area contributed by atoms with Gasteiger partial charge in [0.05, 0.1) is 12.2 Å². The quantitative estimate of drug-likeness (QED) is 0.860. The second kappa shape index (κ2) is 5.85. The number of hydrogen-bond acceptors (Lipinski definition) is 2. The molecule has 3 atom stereocenters. The van der Waals surface area contributed by atoms with E-state index in [-0.39, 0.29) is 5.92 Å². The van der Waals surface area contributed by atoms with Gasteiger partial charge in [0.2, 0.25) is 0 Å². The second-order valence-corrected chi connectivity index (χ2v) is 5.83. The van der Waals surface area contributed by atoms with E-state index in [2.05, 4.69) is 24.3 Å². The fraction of sp³-hybridized carbons (Fsp3) is 0.625. The monoisotopic (exact) mass is 248 g/mol. The summed E-state index contributed by atoms with van der Waals surface area (Å²) in [5.74, 6) is 0.511. The Morgan fingerprint density at radius 3 is 2.67 bits per heavy atom. The van der Waals surface area contributed by atoms with Crippen molar-refractivity contribution in [2.45, 2.75) is 57.7 Å². The molecule has 0 spiro atoms. The summed E-state index contributed by atoms with van der Waals surface area (Å²) < 4.78 is 0. The Morgan fingerprint density at radius 1 is 1.22 bits per heavy atom. The Labute approximate surface area is 110 Å². The molecule has 2 nitrogen and oxygen atoms in total. The second-order valence-electron chi connectivity index (χ2n) is 5.83. The molecule has 1 aliphatic carbocycles. The summed E-state index contributed by atoms with van der Waals surface area (Å²) in [6.07, 6.45) is 2.91. The lowest BCUT2D eigenvalue weighted by molar-refractivity contribution is -0.0163. The Bertz CT molecular complexity index is 386. The van der Waals surface area contributed by atoms with Crippen LogP contribution in [0.1, 0.15) is 50.2 Å². The highest BCUT2D eigenvalue weighted by Gasteiger charge is 2.27. The zero-order chi connectivity index (χ0) is 13.1. The van der Waals surface area contributed by atoms with E-state index in [9.17, 15) is 10.2 Å². The van der Waals surface area contributed by atoms with Crippen LogP contribution in [0.25, 0.3) is 0 Å². The molecule has 100 valence electrons. The molecule has 0 fully saturated rings. The fourth-order valence-corrected chi connectivity index (χ4v) is 2.97. The van der Waals surface area contributed by atoms with Gasteiger partial charge in [0, 0.05) is 0 Å². The van der Waals surface area contributed by atoms with E-state index in [0.717, 1.165) is 12.8 Å². The maximum absolute atomic E-state index is 10.1. The zero-order valence-electron chi connectivity index (χ0n) is 11.3. The minimum absolute atomic E-state index is 0.110. The van der Waals surface area contributed by atoms with Crippen molar-refractivity contribution in [3.63, 3.8) is 0 Å². The lowest BCUT2D eigenvalue weighted by atomic mass is 9.79. The molecular weight excluding hydrogens is 224 g/mol. The first-order valence-corrected chi connectivity index (χ1v) is 7.03. The average Bonchev–Trinajstić information content (AvgIpc) is 2.38. The van der Waals surface area contributed by atoms with Gasteiger partial charge in [-0.2, -0.15) is 0 Å². The van der Waals surface area contributed by atoms with Crippen molar-refractivity contribution in [2.75, 3.05) is 0 Å². The van der Waals surface area contributed by atoms with Crippen molar-refractivity contribution in [1.82, 2.24) is 0 Å². The van der Waals surface area contributed by atoms with Gasteiger partial charge in [0.15, 0.2) is 0 Å². The van der Waals surface area contributed by atoms with E-state index in [1.807, 2.05) is 13.8 Å². The predicted octanol–water partition coefficient (Wildman–Crippen LogP) is 2.87. The van der Waals surface area contributed by atoms with Crippen LogP contribution in [0.4, 0.5) is 0 Å². The summed E-state index contributed by atoms with van der Waals surface area (Å²) >= 11 is 0. The molecule has 1 aliphatic rings. The minimum Gasteiger partial charge on any atom is -0.390 e. The molecule has 0 saturated carbocycles. The Morgan fingerprint density at radius 2 is 1.94 bits per heavy atom. The number of hydrogen-bond donors (Lipinski definition) is 2. The third-order valence-corrected chi connectivity index (χ3v) is 4.10. The van der Waals surface area contributed by atoms with Crippen LogP contribution in [0.5, 0.6) is 0 Å². The highest BCUT2D eigenvalue weighted by molar-refractivity contribution is 5.32. The van der Waals surface area contributed by atoms with E-state index in [4.69, 9.17) is 0 Å². The van der Waals surface area contributed by atoms with E-state index in [1.165, 1.54) is 17.5 Å². The van der Waals surface area contributed by atoms with Crippen molar-refractivity contribution < 1.29 is 10.2 Å². The number of fused-ring (bicyclic) bond motifs is 1. The molecule has 2 N–H and O–H groups in total. The van der Waals surface area contributed by atoms with Crippen LogP contribution in [0.2, 0.25) is 0 Å². The van der Waals surface area contributed by atoms with E-state index >= 15 is 0 Å². The van der Waals surface area contributed by atoms with Crippen molar-refractivity contribution in [3.8, 4) is 0 Å². The number of rotatable bonds is 4. The highest BCUT2D eigenvalue weighted by Crippen LogP contribution is 2.35. The van der Waals surface area contributed by atoms with Gasteiger partial charge in [-0.1, -0.05) is 38.1 Å². The van der Waals surface area contributed by atoms with Crippen molar-refractivity contribution >= 4 is 0 Å². The summed E-state index contributed by atoms with van der Waals surface area (Å²) in [5, 5.41) is 20.0. The number of aliphatic hydroxyl groups excluding tert-OH is 2. The molecular formula is C16H24O2. The third-order valence-electron chi connectivity index (χ3n) is 4.10. The van der Waals surface area contributed by atoms with E-state index in [0.29, 0.717) is 12.3 Å². The van der Waals surface area contributed by atoms with E-state index in [1.54, 1.807) is 0 Å². The summed E-state index contributed by atoms with van der Waals surface area (Å²) in [5.41, 5.74) is 2.79. The Balaban J connectivity index is 2.07. The van der Waals surface area contributed by atoms with Gasteiger partial charge in [0.1, 0.15) is 0 Å². The first kappa shape index (κ1) is 13.6. The molecule has 0 heterocycles. The smallest absolute Gasteiger partial charge is 0.0822 e. The molecule has 0 saturated heterocycles. The molecule has 0 radical (unpaired) electrons. The molecule has 18 heavy (non-hydrogen) atoms. The van der Waals surface area contributed by atoms with Crippen molar-refractivity contribution in [1.29, 1.82) is 0 Å². The lowest BCUT2D eigenvalue weighted by Crippen LogP contribution is -2.32. The van der Waals surface area contributed by atoms with Crippen LogP contribution in [-0.2, 0) is 6.42 Å². The van der Waals surface area contributed by atoms with Crippen LogP contribution >= 0.6 is 0 Å². The fourth-order valence-electron chi connectivity index (χ4n) is 2.97. The van der Waals surface area contributed by atoms with Gasteiger partial charge in [-0.05, 0) is 48.6 Å². The molecule has 1 aromatic rings. The number of aliphatic hydroxyl groups is 2. The Hall–Kier alpha value is -0.860. The minimum atomic E-state index is -0.612. The topological polar surface area (TPSA) is 40.5 Å². The molecule has 1 aromatic carbocycles. The lowest BCUT2D eigenvalue weighted by Gasteiger charge is -2.29. The largest absolute Gasteiger partial charge is 0.390 e. The van der Waals surface area contributed by atoms with Gasteiger partial charge < -0.3 is 10.2 Å². The molecule has 2 rings (SSSR count).